The molecule has 1 heterocycles. The van der Waals surface area contributed by atoms with Gasteiger partial charge in [-0.3, -0.25) is 4.79 Å². The van der Waals surface area contributed by atoms with Gasteiger partial charge >= 0.3 is 0 Å². The molecule has 1 N–H and O–H groups in total. The van der Waals surface area contributed by atoms with E-state index < -0.39 is 0 Å². The summed E-state index contributed by atoms with van der Waals surface area (Å²) in [6.07, 6.45) is 5.89. The predicted octanol–water partition coefficient (Wildman–Crippen LogP) is 4.47. The van der Waals surface area contributed by atoms with Crippen LogP contribution in [0.5, 0.6) is 0 Å². The van der Waals surface area contributed by atoms with Crippen LogP contribution in [-0.2, 0) is 0 Å². The molecule has 1 aromatic carbocycles. The number of hydrogen-bond donors (Lipinski definition) is 1. The first-order valence-electron chi connectivity index (χ1n) is 9.01. The highest BCUT2D eigenvalue weighted by Crippen LogP contribution is 2.53. The van der Waals surface area contributed by atoms with Gasteiger partial charge in [0, 0.05) is 27.6 Å². The number of aromatic nitrogens is 1. The number of halogens is 1. The van der Waals surface area contributed by atoms with Crippen molar-refractivity contribution in [1.29, 1.82) is 0 Å². The molecule has 3 nitrogen and oxygen atoms in total. The monoisotopic (exact) mass is 368 g/mol. The Morgan fingerprint density at radius 1 is 1.31 bits per heavy atom. The third-order valence-corrected chi connectivity index (χ3v) is 6.52. The number of thiazole rings is 1. The van der Waals surface area contributed by atoms with Crippen molar-refractivity contribution in [2.24, 2.45) is 5.41 Å². The number of rotatable bonds is 2. The molecule has 1 amide bonds. The van der Waals surface area contributed by atoms with Gasteiger partial charge in [0.25, 0.3) is 5.91 Å². The van der Waals surface area contributed by atoms with Crippen molar-refractivity contribution in [3.63, 3.8) is 0 Å². The molecule has 26 heavy (non-hydrogen) atoms. The van der Waals surface area contributed by atoms with Crippen LogP contribution in [0.1, 0.15) is 59.6 Å². The van der Waals surface area contributed by atoms with Gasteiger partial charge in [0.2, 0.25) is 0 Å². The van der Waals surface area contributed by atoms with E-state index in [1.54, 1.807) is 6.07 Å². The highest BCUT2D eigenvalue weighted by atomic mass is 32.1. The molecule has 2 atom stereocenters. The lowest BCUT2D eigenvalue weighted by Crippen LogP contribution is -2.48. The van der Waals surface area contributed by atoms with Crippen LogP contribution in [0.2, 0.25) is 0 Å². The van der Waals surface area contributed by atoms with Crippen LogP contribution in [-0.4, -0.2) is 16.4 Å². The lowest BCUT2D eigenvalue weighted by Gasteiger charge is -2.37. The second kappa shape index (κ2) is 6.51. The lowest BCUT2D eigenvalue weighted by atomic mass is 9.73. The van der Waals surface area contributed by atoms with Crippen LogP contribution in [0.3, 0.4) is 0 Å². The Balaban J connectivity index is 1.52. The van der Waals surface area contributed by atoms with Crippen LogP contribution in [0.15, 0.2) is 29.6 Å². The third-order valence-electron chi connectivity index (χ3n) is 5.56. The number of nitrogens with zero attached hydrogens (tertiary/aromatic N) is 1. The van der Waals surface area contributed by atoms with Crippen molar-refractivity contribution in [3.8, 4) is 11.8 Å². The fraction of sp³-hybridized carbons (Fsp3) is 0.429. The first-order chi connectivity index (χ1) is 12.5. The molecular weight excluding hydrogens is 347 g/mol. The Bertz CT molecular complexity index is 912. The normalized spacial score (nSPS) is 26.8. The maximum Gasteiger partial charge on any atom is 0.280 e. The van der Waals surface area contributed by atoms with Gasteiger partial charge in [-0.1, -0.05) is 17.9 Å². The van der Waals surface area contributed by atoms with Crippen LogP contribution >= 0.6 is 11.3 Å². The molecule has 2 saturated carbocycles. The molecule has 0 radical (unpaired) electrons. The molecule has 2 aliphatic rings. The molecule has 5 heteroatoms. The topological polar surface area (TPSA) is 42.0 Å². The molecule has 1 aromatic heterocycles. The molecule has 2 bridgehead atoms. The molecule has 0 spiro atoms. The Morgan fingerprint density at radius 2 is 2.19 bits per heavy atom. The van der Waals surface area contributed by atoms with Gasteiger partial charge in [-0.25, -0.2) is 9.37 Å². The SMILES string of the molecule is Cc1csc(C(=O)NC23CCCC(C#Cc4cccc(F)c4)(CC2)C3)n1. The second-order valence-corrected chi connectivity index (χ2v) is 8.46. The fourth-order valence-corrected chi connectivity index (χ4v) is 5.05. The lowest BCUT2D eigenvalue weighted by molar-refractivity contribution is 0.0871. The first-order valence-corrected chi connectivity index (χ1v) is 9.89. The van der Waals surface area contributed by atoms with Gasteiger partial charge in [0.1, 0.15) is 5.82 Å². The summed E-state index contributed by atoms with van der Waals surface area (Å²) in [6, 6.07) is 6.43. The van der Waals surface area contributed by atoms with Gasteiger partial charge < -0.3 is 5.32 Å². The first kappa shape index (κ1) is 17.2. The van der Waals surface area contributed by atoms with Crippen molar-refractivity contribution >= 4 is 17.2 Å². The van der Waals surface area contributed by atoms with E-state index in [-0.39, 0.29) is 22.7 Å². The highest BCUT2D eigenvalue weighted by molar-refractivity contribution is 7.11. The van der Waals surface area contributed by atoms with Gasteiger partial charge in [-0.05, 0) is 63.6 Å². The fourth-order valence-electron chi connectivity index (χ4n) is 4.36. The molecule has 0 aliphatic heterocycles. The summed E-state index contributed by atoms with van der Waals surface area (Å²) in [7, 11) is 0. The summed E-state index contributed by atoms with van der Waals surface area (Å²) in [4.78, 5) is 16.9. The maximum atomic E-state index is 13.4. The van der Waals surface area contributed by atoms with Crippen LogP contribution in [0.4, 0.5) is 4.39 Å². The summed E-state index contributed by atoms with van der Waals surface area (Å²) >= 11 is 1.39. The zero-order valence-corrected chi connectivity index (χ0v) is 15.6. The smallest absolute Gasteiger partial charge is 0.280 e. The minimum atomic E-state index is -0.260. The number of amides is 1. The predicted molar refractivity (Wildman–Crippen MR) is 100 cm³/mol. The maximum absolute atomic E-state index is 13.4. The van der Waals surface area contributed by atoms with Crippen molar-refractivity contribution < 1.29 is 9.18 Å². The summed E-state index contributed by atoms with van der Waals surface area (Å²) in [5.41, 5.74) is 1.34. The van der Waals surface area contributed by atoms with Crippen LogP contribution in [0, 0.1) is 30.0 Å². The van der Waals surface area contributed by atoms with Crippen molar-refractivity contribution in [3.05, 3.63) is 51.7 Å². The van der Waals surface area contributed by atoms with E-state index in [1.165, 1.54) is 23.5 Å². The zero-order chi connectivity index (χ0) is 18.2. The van der Waals surface area contributed by atoms with Gasteiger partial charge in [-0.2, -0.15) is 0 Å². The quantitative estimate of drug-likeness (QED) is 0.795. The van der Waals surface area contributed by atoms with Crippen molar-refractivity contribution in [2.45, 2.75) is 51.0 Å². The van der Waals surface area contributed by atoms with E-state index in [1.807, 2.05) is 18.4 Å². The minimum Gasteiger partial charge on any atom is -0.344 e. The number of benzene rings is 1. The molecule has 2 aliphatic carbocycles. The Hall–Kier alpha value is -2.19. The van der Waals surface area contributed by atoms with Crippen LogP contribution in [0.25, 0.3) is 0 Å². The number of nitrogens with one attached hydrogen (secondary N) is 1. The molecule has 134 valence electrons. The number of carbonyl (C=O) groups is 1. The molecule has 2 aromatic rings. The highest BCUT2D eigenvalue weighted by Gasteiger charge is 2.51. The van der Waals surface area contributed by atoms with Gasteiger partial charge in [0.05, 0.1) is 0 Å². The van der Waals surface area contributed by atoms with E-state index in [0.29, 0.717) is 10.6 Å². The summed E-state index contributed by atoms with van der Waals surface area (Å²) in [5.74, 6) is 6.27. The van der Waals surface area contributed by atoms with Crippen molar-refractivity contribution in [2.75, 3.05) is 0 Å². The summed E-state index contributed by atoms with van der Waals surface area (Å²) < 4.78 is 13.4. The summed E-state index contributed by atoms with van der Waals surface area (Å²) in [6.45, 7) is 1.90. The molecular formula is C21H21FN2OS. The second-order valence-electron chi connectivity index (χ2n) is 7.60. The molecule has 2 fully saturated rings. The minimum absolute atomic E-state index is 0.0705. The molecule has 0 saturated heterocycles. The van der Waals surface area contributed by atoms with Gasteiger partial charge in [-0.15, -0.1) is 11.3 Å². The Morgan fingerprint density at radius 3 is 2.96 bits per heavy atom. The Kier molecular flexibility index (Phi) is 4.32. The van der Waals surface area contributed by atoms with Crippen LogP contribution < -0.4 is 5.32 Å². The van der Waals surface area contributed by atoms with E-state index in [0.717, 1.165) is 44.2 Å². The number of hydrogen-bond acceptors (Lipinski definition) is 3. The average molecular weight is 368 g/mol. The van der Waals surface area contributed by atoms with E-state index in [4.69, 9.17) is 0 Å². The van der Waals surface area contributed by atoms with E-state index in [9.17, 15) is 9.18 Å². The van der Waals surface area contributed by atoms with E-state index >= 15 is 0 Å². The van der Waals surface area contributed by atoms with Crippen molar-refractivity contribution in [1.82, 2.24) is 10.3 Å². The van der Waals surface area contributed by atoms with Gasteiger partial charge in [0.15, 0.2) is 5.01 Å². The largest absolute Gasteiger partial charge is 0.344 e. The Labute approximate surface area is 157 Å². The number of aryl methyl sites for hydroxylation is 1. The summed E-state index contributed by atoms with van der Waals surface area (Å²) in [5, 5.41) is 5.70. The zero-order valence-electron chi connectivity index (χ0n) is 14.8. The molecule has 4 rings (SSSR count). The third kappa shape index (κ3) is 3.39. The average Bonchev–Trinajstić information content (AvgIpc) is 3.15. The number of fused-ring (bicyclic) bond motifs is 2. The standard InChI is InChI=1S/C21H21FN2OS/c1-15-13-26-19(23-15)18(25)24-21-8-3-7-20(14-21,10-11-21)9-6-16-4-2-5-17(22)12-16/h2,4-5,12-13H,3,7-8,10-11,14H2,1H3,(H,24,25). The number of carbonyl (C=O) groups excluding carboxylic acids is 1. The molecule has 2 unspecified atom stereocenters. The van der Waals surface area contributed by atoms with E-state index in [2.05, 4.69) is 22.1 Å².